The first-order valence-corrected chi connectivity index (χ1v) is 13.8. The minimum absolute atomic E-state index is 0.0322. The van der Waals surface area contributed by atoms with E-state index in [9.17, 15) is 5.11 Å². The summed E-state index contributed by atoms with van der Waals surface area (Å²) in [6, 6.07) is 0. The topological polar surface area (TPSA) is 20.2 Å². The predicted octanol–water partition coefficient (Wildman–Crippen LogP) is 8.17. The van der Waals surface area contributed by atoms with Crippen LogP contribution in [-0.4, -0.2) is 11.2 Å². The Morgan fingerprint density at radius 2 is 1.65 bits per heavy atom. The average molecular weight is 427 g/mol. The lowest BCUT2D eigenvalue weighted by Gasteiger charge is -2.62. The zero-order chi connectivity index (χ0) is 22.4. The molecule has 5 aliphatic rings. The molecule has 0 aromatic rings. The van der Waals surface area contributed by atoms with E-state index in [1.807, 2.05) is 0 Å². The van der Waals surface area contributed by atoms with E-state index in [-0.39, 0.29) is 6.10 Å². The number of fused-ring (bicyclic) bond motifs is 2. The summed E-state index contributed by atoms with van der Waals surface area (Å²) in [6.45, 7) is 17.3. The van der Waals surface area contributed by atoms with Crippen molar-refractivity contribution in [1.29, 1.82) is 0 Å². The van der Waals surface area contributed by atoms with Crippen molar-refractivity contribution in [2.45, 2.75) is 125 Å². The highest BCUT2D eigenvalue weighted by Gasteiger charge is 2.81. The highest BCUT2D eigenvalue weighted by Crippen LogP contribution is 2.88. The van der Waals surface area contributed by atoms with Crippen LogP contribution in [-0.2, 0) is 0 Å². The molecule has 5 saturated carbocycles. The fraction of sp³-hybridized carbons (Fsp3) is 0.933. The van der Waals surface area contributed by atoms with E-state index in [2.05, 4.69) is 48.5 Å². The molecular formula is C30H50O. The zero-order valence-corrected chi connectivity index (χ0v) is 21.7. The first kappa shape index (κ1) is 22.5. The molecular weight excluding hydrogens is 376 g/mol. The van der Waals surface area contributed by atoms with Crippen molar-refractivity contribution in [2.24, 2.45) is 51.2 Å². The summed E-state index contributed by atoms with van der Waals surface area (Å²) in [7, 11) is 0. The fourth-order valence-electron chi connectivity index (χ4n) is 10.9. The summed E-state index contributed by atoms with van der Waals surface area (Å²) in [5, 5.41) is 10.6. The second kappa shape index (κ2) is 7.10. The normalized spacial score (nSPS) is 53.6. The molecule has 0 aromatic carbocycles. The van der Waals surface area contributed by atoms with E-state index in [4.69, 9.17) is 0 Å². The molecule has 1 N–H and O–H groups in total. The third-order valence-electron chi connectivity index (χ3n) is 13.2. The van der Waals surface area contributed by atoms with Crippen LogP contribution in [0.4, 0.5) is 0 Å². The molecule has 2 spiro atoms. The standard InChI is InChI=1S/C30H50O/c1-19(2)20(3)8-9-21(4)23-12-14-28(7)26-11-10-24-22(5)25(31)13-15-29(24)18-30(26,29)17-16-27(23,28)6/h21-26,31H,8-18H2,1-7H3/t21-,22+,23-,24+,25+,26+,27-,28+,29-,30+/m1/s1. The third-order valence-corrected chi connectivity index (χ3v) is 13.2. The van der Waals surface area contributed by atoms with E-state index in [0.29, 0.717) is 27.6 Å². The van der Waals surface area contributed by atoms with Crippen LogP contribution in [0.3, 0.4) is 0 Å². The highest BCUT2D eigenvalue weighted by molar-refractivity contribution is 5.29. The monoisotopic (exact) mass is 426 g/mol. The molecule has 0 aliphatic heterocycles. The molecule has 31 heavy (non-hydrogen) atoms. The predicted molar refractivity (Wildman–Crippen MR) is 131 cm³/mol. The van der Waals surface area contributed by atoms with Gasteiger partial charge in [-0.3, -0.25) is 0 Å². The molecule has 1 nitrogen and oxygen atoms in total. The highest BCUT2D eigenvalue weighted by atomic mass is 16.3. The molecule has 0 aromatic heterocycles. The van der Waals surface area contributed by atoms with Crippen LogP contribution in [0.5, 0.6) is 0 Å². The van der Waals surface area contributed by atoms with Crippen molar-refractivity contribution in [3.8, 4) is 0 Å². The van der Waals surface area contributed by atoms with Crippen molar-refractivity contribution in [2.75, 3.05) is 0 Å². The molecule has 0 amide bonds. The van der Waals surface area contributed by atoms with Gasteiger partial charge in [0.15, 0.2) is 0 Å². The van der Waals surface area contributed by atoms with E-state index in [0.717, 1.165) is 30.1 Å². The number of aliphatic hydroxyl groups excluding tert-OH is 1. The van der Waals surface area contributed by atoms with Gasteiger partial charge in [-0.1, -0.05) is 38.8 Å². The Bertz CT molecular complexity index is 762. The lowest BCUT2D eigenvalue weighted by molar-refractivity contribution is -0.142. The third kappa shape index (κ3) is 2.77. The molecule has 1 heteroatoms. The Morgan fingerprint density at radius 3 is 2.35 bits per heavy atom. The summed E-state index contributed by atoms with van der Waals surface area (Å²) in [5.41, 5.74) is 5.49. The SMILES string of the molecule is CC(C)=C(C)CC[C@@H](C)[C@H]1CC[C@@]2(C)[C@@H]3CC[C@H]4[C@H](C)[C@@H](O)CC[C@@]45C[C@@]35CC[C@]12C. The largest absolute Gasteiger partial charge is 0.393 e. The van der Waals surface area contributed by atoms with Crippen LogP contribution in [0, 0.1) is 51.2 Å². The van der Waals surface area contributed by atoms with E-state index < -0.39 is 0 Å². The van der Waals surface area contributed by atoms with E-state index in [1.165, 1.54) is 69.8 Å². The van der Waals surface area contributed by atoms with Crippen LogP contribution >= 0.6 is 0 Å². The van der Waals surface area contributed by atoms with Crippen molar-refractivity contribution in [3.05, 3.63) is 11.1 Å². The number of hydrogen-bond donors (Lipinski definition) is 1. The van der Waals surface area contributed by atoms with Crippen LogP contribution < -0.4 is 0 Å². The van der Waals surface area contributed by atoms with Gasteiger partial charge in [-0.25, -0.2) is 0 Å². The Balaban J connectivity index is 1.38. The van der Waals surface area contributed by atoms with Crippen molar-refractivity contribution < 1.29 is 5.11 Å². The number of aliphatic hydroxyl groups is 1. The van der Waals surface area contributed by atoms with Crippen LogP contribution in [0.25, 0.3) is 0 Å². The smallest absolute Gasteiger partial charge is 0.0568 e. The van der Waals surface area contributed by atoms with Gasteiger partial charge in [0, 0.05) is 0 Å². The van der Waals surface area contributed by atoms with Crippen molar-refractivity contribution in [3.63, 3.8) is 0 Å². The quantitative estimate of drug-likeness (QED) is 0.449. The summed E-state index contributed by atoms with van der Waals surface area (Å²) >= 11 is 0. The zero-order valence-electron chi connectivity index (χ0n) is 21.7. The Labute approximate surface area is 192 Å². The summed E-state index contributed by atoms with van der Waals surface area (Å²) in [4.78, 5) is 0. The second-order valence-corrected chi connectivity index (χ2v) is 14.0. The van der Waals surface area contributed by atoms with Gasteiger partial charge in [0.2, 0.25) is 0 Å². The maximum atomic E-state index is 10.6. The maximum Gasteiger partial charge on any atom is 0.0568 e. The van der Waals surface area contributed by atoms with Gasteiger partial charge < -0.3 is 5.11 Å². The van der Waals surface area contributed by atoms with E-state index >= 15 is 0 Å². The summed E-state index contributed by atoms with van der Waals surface area (Å²) in [5.74, 6) is 4.06. The number of allylic oxidation sites excluding steroid dienone is 2. The van der Waals surface area contributed by atoms with Gasteiger partial charge >= 0.3 is 0 Å². The van der Waals surface area contributed by atoms with Gasteiger partial charge in [-0.15, -0.1) is 0 Å². The van der Waals surface area contributed by atoms with Crippen molar-refractivity contribution in [1.82, 2.24) is 0 Å². The minimum atomic E-state index is -0.0322. The molecule has 5 aliphatic carbocycles. The molecule has 0 bridgehead atoms. The Hall–Kier alpha value is -0.300. The molecule has 5 rings (SSSR count). The first-order chi connectivity index (χ1) is 14.5. The molecule has 176 valence electrons. The summed E-state index contributed by atoms with van der Waals surface area (Å²) < 4.78 is 0. The van der Waals surface area contributed by atoms with Gasteiger partial charge in [-0.2, -0.15) is 0 Å². The molecule has 0 unspecified atom stereocenters. The van der Waals surface area contributed by atoms with Gasteiger partial charge in [0.25, 0.3) is 0 Å². The minimum Gasteiger partial charge on any atom is -0.393 e. The van der Waals surface area contributed by atoms with Crippen LogP contribution in [0.1, 0.15) is 119 Å². The van der Waals surface area contributed by atoms with Gasteiger partial charge in [0.1, 0.15) is 0 Å². The number of hydrogen-bond acceptors (Lipinski definition) is 1. The second-order valence-electron chi connectivity index (χ2n) is 14.0. The molecule has 0 saturated heterocycles. The molecule has 5 fully saturated rings. The molecule has 10 atom stereocenters. The molecule has 0 radical (unpaired) electrons. The van der Waals surface area contributed by atoms with Crippen LogP contribution in [0.2, 0.25) is 0 Å². The van der Waals surface area contributed by atoms with Gasteiger partial charge in [-0.05, 0) is 143 Å². The summed E-state index contributed by atoms with van der Waals surface area (Å²) in [6.07, 6.45) is 15.3. The van der Waals surface area contributed by atoms with Gasteiger partial charge in [0.05, 0.1) is 6.10 Å². The van der Waals surface area contributed by atoms with Crippen molar-refractivity contribution >= 4 is 0 Å². The lowest BCUT2D eigenvalue weighted by atomic mass is 9.43. The first-order valence-electron chi connectivity index (χ1n) is 13.8. The Morgan fingerprint density at radius 1 is 0.903 bits per heavy atom. The molecule has 0 heterocycles. The lowest BCUT2D eigenvalue weighted by Crippen LogP contribution is -2.55. The maximum absolute atomic E-state index is 10.6. The Kier molecular flexibility index (Phi) is 5.15. The fourth-order valence-corrected chi connectivity index (χ4v) is 10.9. The average Bonchev–Trinajstić information content (AvgIpc) is 3.31. The van der Waals surface area contributed by atoms with E-state index in [1.54, 1.807) is 5.57 Å². The number of rotatable bonds is 4. The van der Waals surface area contributed by atoms with Crippen LogP contribution in [0.15, 0.2) is 11.1 Å².